The minimum Gasteiger partial charge on any atom is -0.463 e. The van der Waals surface area contributed by atoms with Crippen LogP contribution in [0.4, 0.5) is 11.6 Å². The molecule has 27 heavy (non-hydrogen) atoms. The molecule has 1 aromatic heterocycles. The van der Waals surface area contributed by atoms with Crippen LogP contribution in [0.1, 0.15) is 57.9 Å². The number of hydrogen-bond donors (Lipinski definition) is 1. The van der Waals surface area contributed by atoms with Crippen LogP contribution in [0.5, 0.6) is 6.01 Å². The molecule has 1 fully saturated rings. The molecule has 0 radical (unpaired) electrons. The maximum absolute atomic E-state index is 12.6. The Morgan fingerprint density at radius 3 is 2.59 bits per heavy atom. The molecule has 1 saturated heterocycles. The standard InChI is InChI=1S/C20H33N5O2/c1-3-5-9-24-10-7-15(8-11-24)14-25-17(26)13-16-18(21)22-20(23-19(16)25)27-12-6-4-2/h15H,3-14H2,1-2H3,(H2,21,22,23). The lowest BCUT2D eigenvalue weighted by Crippen LogP contribution is -2.40. The maximum Gasteiger partial charge on any atom is 0.320 e. The molecule has 2 aliphatic heterocycles. The number of hydrogen-bond acceptors (Lipinski definition) is 6. The fourth-order valence-electron chi connectivity index (χ4n) is 3.82. The maximum atomic E-state index is 12.6. The van der Waals surface area contributed by atoms with Gasteiger partial charge in [-0.1, -0.05) is 26.7 Å². The van der Waals surface area contributed by atoms with Crippen LogP contribution in [0, 0.1) is 5.92 Å². The molecular formula is C20H33N5O2. The van der Waals surface area contributed by atoms with E-state index < -0.39 is 0 Å². The van der Waals surface area contributed by atoms with Crippen LogP contribution >= 0.6 is 0 Å². The summed E-state index contributed by atoms with van der Waals surface area (Å²) in [7, 11) is 0. The first-order valence-corrected chi connectivity index (χ1v) is 10.4. The van der Waals surface area contributed by atoms with E-state index in [0.29, 0.717) is 30.6 Å². The average molecular weight is 376 g/mol. The summed E-state index contributed by atoms with van der Waals surface area (Å²) in [5, 5.41) is 0. The average Bonchev–Trinajstić information content (AvgIpc) is 2.98. The van der Waals surface area contributed by atoms with Gasteiger partial charge >= 0.3 is 6.01 Å². The highest BCUT2D eigenvalue weighted by Crippen LogP contribution is 2.33. The number of piperidine rings is 1. The van der Waals surface area contributed by atoms with Gasteiger partial charge in [-0.05, 0) is 51.2 Å². The number of rotatable bonds is 9. The van der Waals surface area contributed by atoms with Crippen LogP contribution < -0.4 is 15.4 Å². The van der Waals surface area contributed by atoms with E-state index in [1.54, 1.807) is 0 Å². The number of likely N-dealkylation sites (tertiary alicyclic amines) is 1. The third kappa shape index (κ3) is 4.89. The minimum atomic E-state index is 0.0742. The number of unbranched alkanes of at least 4 members (excludes halogenated alkanes) is 2. The number of carbonyl (C=O) groups excluding carboxylic acids is 1. The first-order chi connectivity index (χ1) is 13.1. The molecule has 2 N–H and O–H groups in total. The topological polar surface area (TPSA) is 84.6 Å². The lowest BCUT2D eigenvalue weighted by atomic mass is 9.96. The lowest BCUT2D eigenvalue weighted by Gasteiger charge is -2.33. The van der Waals surface area contributed by atoms with E-state index in [4.69, 9.17) is 10.5 Å². The SMILES string of the molecule is CCCCOc1nc(N)c2c(n1)N(CC1CCN(CCCC)CC1)C(=O)C2. The second-order valence-electron chi connectivity index (χ2n) is 7.72. The van der Waals surface area contributed by atoms with Crippen LogP contribution in [0.3, 0.4) is 0 Å². The van der Waals surface area contributed by atoms with Gasteiger partial charge in [-0.15, -0.1) is 0 Å². The molecular weight excluding hydrogens is 342 g/mol. The molecule has 0 spiro atoms. The second-order valence-corrected chi connectivity index (χ2v) is 7.72. The quantitative estimate of drug-likeness (QED) is 0.668. The van der Waals surface area contributed by atoms with Crippen molar-refractivity contribution in [3.63, 3.8) is 0 Å². The van der Waals surface area contributed by atoms with Gasteiger partial charge in [0.15, 0.2) is 0 Å². The molecule has 0 aliphatic carbocycles. The molecule has 3 rings (SSSR count). The molecule has 0 saturated carbocycles. The summed E-state index contributed by atoms with van der Waals surface area (Å²) in [5.74, 6) is 1.62. The van der Waals surface area contributed by atoms with Gasteiger partial charge in [0, 0.05) is 12.1 Å². The van der Waals surface area contributed by atoms with Gasteiger partial charge in [0.2, 0.25) is 5.91 Å². The van der Waals surface area contributed by atoms with Crippen molar-refractivity contribution in [3.05, 3.63) is 5.56 Å². The van der Waals surface area contributed by atoms with Gasteiger partial charge in [-0.25, -0.2) is 0 Å². The summed E-state index contributed by atoms with van der Waals surface area (Å²) in [6.45, 7) is 9.06. The lowest BCUT2D eigenvalue weighted by molar-refractivity contribution is -0.117. The third-order valence-electron chi connectivity index (χ3n) is 5.59. The van der Waals surface area contributed by atoms with Crippen molar-refractivity contribution in [1.29, 1.82) is 0 Å². The van der Waals surface area contributed by atoms with Gasteiger partial charge < -0.3 is 15.4 Å². The molecule has 0 atom stereocenters. The van der Waals surface area contributed by atoms with Crippen molar-refractivity contribution in [2.75, 3.05) is 43.4 Å². The summed E-state index contributed by atoms with van der Waals surface area (Å²) in [6.07, 6.45) is 7.04. The minimum absolute atomic E-state index is 0.0742. The van der Waals surface area contributed by atoms with Crippen molar-refractivity contribution in [1.82, 2.24) is 14.9 Å². The number of nitrogens with zero attached hydrogens (tertiary/aromatic N) is 4. The van der Waals surface area contributed by atoms with Crippen LogP contribution in [0.2, 0.25) is 0 Å². The van der Waals surface area contributed by atoms with Crippen molar-refractivity contribution < 1.29 is 9.53 Å². The fourth-order valence-corrected chi connectivity index (χ4v) is 3.82. The predicted octanol–water partition coefficient (Wildman–Crippen LogP) is 2.64. The van der Waals surface area contributed by atoms with Crippen LogP contribution in [-0.2, 0) is 11.2 Å². The highest BCUT2D eigenvalue weighted by molar-refractivity contribution is 6.01. The molecule has 2 aliphatic rings. The number of fused-ring (bicyclic) bond motifs is 1. The van der Waals surface area contributed by atoms with Crippen molar-refractivity contribution >= 4 is 17.5 Å². The summed E-state index contributed by atoms with van der Waals surface area (Å²) in [5.41, 5.74) is 6.84. The zero-order chi connectivity index (χ0) is 19.2. The zero-order valence-electron chi connectivity index (χ0n) is 16.7. The number of ether oxygens (including phenoxy) is 1. The van der Waals surface area contributed by atoms with E-state index in [9.17, 15) is 4.79 Å². The smallest absolute Gasteiger partial charge is 0.320 e. The highest BCUT2D eigenvalue weighted by atomic mass is 16.5. The summed E-state index contributed by atoms with van der Waals surface area (Å²) < 4.78 is 5.63. The van der Waals surface area contributed by atoms with Gasteiger partial charge in [-0.3, -0.25) is 9.69 Å². The summed E-state index contributed by atoms with van der Waals surface area (Å²) in [4.78, 5) is 25.7. The van der Waals surface area contributed by atoms with E-state index >= 15 is 0 Å². The number of anilines is 2. The summed E-state index contributed by atoms with van der Waals surface area (Å²) >= 11 is 0. The molecule has 3 heterocycles. The van der Waals surface area contributed by atoms with Crippen molar-refractivity contribution in [2.45, 2.75) is 58.8 Å². The van der Waals surface area contributed by atoms with Gasteiger partial charge in [0.25, 0.3) is 0 Å². The number of carbonyl (C=O) groups is 1. The van der Waals surface area contributed by atoms with Crippen molar-refractivity contribution in [2.24, 2.45) is 5.92 Å². The Bertz CT molecular complexity index is 644. The number of nitrogens with two attached hydrogens (primary N) is 1. The number of amides is 1. The largest absolute Gasteiger partial charge is 0.463 e. The van der Waals surface area contributed by atoms with Gasteiger partial charge in [-0.2, -0.15) is 9.97 Å². The molecule has 1 aromatic rings. The first-order valence-electron chi connectivity index (χ1n) is 10.4. The molecule has 7 heteroatoms. The Kier molecular flexibility index (Phi) is 6.88. The van der Waals surface area contributed by atoms with Gasteiger partial charge in [0.05, 0.1) is 13.0 Å². The Morgan fingerprint density at radius 2 is 1.89 bits per heavy atom. The molecule has 7 nitrogen and oxygen atoms in total. The molecule has 0 aromatic carbocycles. The Labute approximate surface area is 162 Å². The first kappa shape index (κ1) is 19.9. The van der Waals surface area contributed by atoms with Crippen LogP contribution in [-0.4, -0.2) is 53.6 Å². The zero-order valence-corrected chi connectivity index (χ0v) is 16.7. The Hall–Kier alpha value is -1.89. The second kappa shape index (κ2) is 9.35. The van der Waals surface area contributed by atoms with Gasteiger partial charge in [0.1, 0.15) is 11.6 Å². The van der Waals surface area contributed by atoms with Crippen molar-refractivity contribution in [3.8, 4) is 6.01 Å². The van der Waals surface area contributed by atoms with E-state index in [2.05, 4.69) is 28.7 Å². The molecule has 150 valence electrons. The number of aromatic nitrogens is 2. The van der Waals surface area contributed by atoms with Crippen LogP contribution in [0.25, 0.3) is 0 Å². The van der Waals surface area contributed by atoms with E-state index in [0.717, 1.165) is 50.9 Å². The monoisotopic (exact) mass is 375 g/mol. The van der Waals surface area contributed by atoms with E-state index in [1.807, 2.05) is 4.90 Å². The number of nitrogen functional groups attached to an aromatic ring is 1. The Balaban J connectivity index is 1.63. The fraction of sp³-hybridized carbons (Fsp3) is 0.750. The normalized spacial score (nSPS) is 18.1. The molecule has 0 unspecified atom stereocenters. The third-order valence-corrected chi connectivity index (χ3v) is 5.59. The predicted molar refractivity (Wildman–Crippen MR) is 107 cm³/mol. The Morgan fingerprint density at radius 1 is 1.15 bits per heavy atom. The summed E-state index contributed by atoms with van der Waals surface area (Å²) in [6, 6.07) is 0.286. The van der Waals surface area contributed by atoms with E-state index in [-0.39, 0.29) is 11.9 Å². The molecule has 1 amide bonds. The molecule has 0 bridgehead atoms. The van der Waals surface area contributed by atoms with Crippen LogP contribution in [0.15, 0.2) is 0 Å². The van der Waals surface area contributed by atoms with E-state index in [1.165, 1.54) is 19.4 Å². The highest BCUT2D eigenvalue weighted by Gasteiger charge is 2.34.